The minimum Gasteiger partial charge on any atom is -0.441 e. The molecule has 0 unspecified atom stereocenters. The Morgan fingerprint density at radius 3 is 2.93 bits per heavy atom. The zero-order valence-electron chi connectivity index (χ0n) is 15.8. The van der Waals surface area contributed by atoms with Crippen molar-refractivity contribution in [1.82, 2.24) is 29.9 Å². The van der Waals surface area contributed by atoms with Crippen molar-refractivity contribution in [3.8, 4) is 22.0 Å². The molecule has 11 heteroatoms. The van der Waals surface area contributed by atoms with Crippen molar-refractivity contribution in [3.63, 3.8) is 0 Å². The summed E-state index contributed by atoms with van der Waals surface area (Å²) in [7, 11) is 1.67. The number of halogens is 1. The van der Waals surface area contributed by atoms with Crippen LogP contribution in [0.5, 0.6) is 0 Å². The van der Waals surface area contributed by atoms with Crippen LogP contribution in [-0.4, -0.2) is 29.9 Å². The van der Waals surface area contributed by atoms with Crippen molar-refractivity contribution in [2.24, 2.45) is 7.05 Å². The summed E-state index contributed by atoms with van der Waals surface area (Å²) in [6, 6.07) is 5.44. The zero-order valence-corrected chi connectivity index (χ0v) is 17.4. The monoisotopic (exact) mass is 439 g/mol. The SMILES string of the molecule is Cc1cnc(-c2cc(-c3nnc(Nc4ccc5[nH]ncc5c4Cl)s3)cn(C)c2=O)o1. The average Bonchev–Trinajstić information content (AvgIpc) is 3.47. The van der Waals surface area contributed by atoms with E-state index in [1.54, 1.807) is 38.6 Å². The largest absolute Gasteiger partial charge is 0.441 e. The van der Waals surface area contributed by atoms with Crippen LogP contribution < -0.4 is 10.9 Å². The fraction of sp³-hybridized carbons (Fsp3) is 0.105. The average molecular weight is 440 g/mol. The summed E-state index contributed by atoms with van der Waals surface area (Å²) >= 11 is 7.80. The van der Waals surface area contributed by atoms with Crippen molar-refractivity contribution >= 4 is 44.7 Å². The first kappa shape index (κ1) is 18.5. The van der Waals surface area contributed by atoms with E-state index in [9.17, 15) is 4.79 Å². The van der Waals surface area contributed by atoms with Crippen molar-refractivity contribution in [1.29, 1.82) is 0 Å². The van der Waals surface area contributed by atoms with Crippen LogP contribution in [0.2, 0.25) is 5.02 Å². The maximum absolute atomic E-state index is 12.5. The molecule has 5 aromatic rings. The molecule has 0 bridgehead atoms. The van der Waals surface area contributed by atoms with Gasteiger partial charge in [0.1, 0.15) is 11.3 Å². The fourth-order valence-electron chi connectivity index (χ4n) is 3.05. The van der Waals surface area contributed by atoms with Crippen LogP contribution in [0.3, 0.4) is 0 Å². The number of aromatic amines is 1. The molecule has 0 aliphatic rings. The van der Waals surface area contributed by atoms with Gasteiger partial charge in [0.25, 0.3) is 5.56 Å². The van der Waals surface area contributed by atoms with Gasteiger partial charge in [0.05, 0.1) is 28.6 Å². The number of pyridine rings is 1. The molecular formula is C19H14ClN7O2S. The number of rotatable bonds is 4. The van der Waals surface area contributed by atoms with E-state index in [1.165, 1.54) is 15.9 Å². The maximum Gasteiger partial charge on any atom is 0.263 e. The van der Waals surface area contributed by atoms with Crippen molar-refractivity contribution in [2.75, 3.05) is 5.32 Å². The van der Waals surface area contributed by atoms with Crippen LogP contribution in [-0.2, 0) is 7.05 Å². The second-order valence-corrected chi connectivity index (χ2v) is 7.99. The molecule has 2 N–H and O–H groups in total. The van der Waals surface area contributed by atoms with Crippen LogP contribution in [0.15, 0.2) is 46.0 Å². The fourth-order valence-corrected chi connectivity index (χ4v) is 4.04. The van der Waals surface area contributed by atoms with Crippen LogP contribution in [0.4, 0.5) is 10.8 Å². The van der Waals surface area contributed by atoms with Gasteiger partial charge in [-0.3, -0.25) is 9.89 Å². The number of nitrogens with zero attached hydrogens (tertiary/aromatic N) is 5. The topological polar surface area (TPSA) is 115 Å². The van der Waals surface area contributed by atoms with E-state index in [4.69, 9.17) is 16.0 Å². The molecule has 0 aliphatic carbocycles. The highest BCUT2D eigenvalue weighted by molar-refractivity contribution is 7.18. The number of hydrogen-bond donors (Lipinski definition) is 2. The van der Waals surface area contributed by atoms with Gasteiger partial charge in [-0.05, 0) is 25.1 Å². The van der Waals surface area contributed by atoms with Crippen LogP contribution in [0.1, 0.15) is 5.76 Å². The lowest BCUT2D eigenvalue weighted by molar-refractivity contribution is 0.541. The highest BCUT2D eigenvalue weighted by Gasteiger charge is 2.16. The number of aromatic nitrogens is 6. The normalized spacial score (nSPS) is 11.3. The Bertz CT molecular complexity index is 1450. The summed E-state index contributed by atoms with van der Waals surface area (Å²) in [6.45, 7) is 1.78. The van der Waals surface area contributed by atoms with E-state index < -0.39 is 0 Å². The van der Waals surface area contributed by atoms with Crippen LogP contribution >= 0.6 is 22.9 Å². The first-order valence-electron chi connectivity index (χ1n) is 8.85. The van der Waals surface area contributed by atoms with E-state index in [1.807, 2.05) is 12.1 Å². The number of H-pyrrole nitrogens is 1. The molecule has 9 nitrogen and oxygen atoms in total. The number of anilines is 2. The smallest absolute Gasteiger partial charge is 0.263 e. The molecule has 30 heavy (non-hydrogen) atoms. The minimum absolute atomic E-state index is 0.205. The first-order valence-corrected chi connectivity index (χ1v) is 10.0. The number of benzene rings is 1. The zero-order chi connectivity index (χ0) is 20.8. The van der Waals surface area contributed by atoms with Gasteiger partial charge in [-0.15, -0.1) is 10.2 Å². The van der Waals surface area contributed by atoms with E-state index >= 15 is 0 Å². The van der Waals surface area contributed by atoms with Crippen LogP contribution in [0.25, 0.3) is 32.9 Å². The molecule has 5 rings (SSSR count). The summed E-state index contributed by atoms with van der Waals surface area (Å²) < 4.78 is 7.00. The molecule has 1 aromatic carbocycles. The summed E-state index contributed by atoms with van der Waals surface area (Å²) in [4.78, 5) is 16.7. The Kier molecular flexibility index (Phi) is 4.37. The van der Waals surface area contributed by atoms with Gasteiger partial charge in [-0.1, -0.05) is 22.9 Å². The van der Waals surface area contributed by atoms with Gasteiger partial charge in [0.2, 0.25) is 11.0 Å². The number of hydrogen-bond acceptors (Lipinski definition) is 8. The molecule has 4 aromatic heterocycles. The number of oxazole rings is 1. The third-order valence-electron chi connectivity index (χ3n) is 4.51. The van der Waals surface area contributed by atoms with Gasteiger partial charge in [0.15, 0.2) is 5.01 Å². The van der Waals surface area contributed by atoms with Crippen molar-refractivity contribution in [3.05, 3.63) is 57.9 Å². The molecule has 0 atom stereocenters. The molecule has 0 amide bonds. The Labute approximate surface area is 178 Å². The highest BCUT2D eigenvalue weighted by atomic mass is 35.5. The highest BCUT2D eigenvalue weighted by Crippen LogP contribution is 2.34. The lowest BCUT2D eigenvalue weighted by Gasteiger charge is -2.05. The Morgan fingerprint density at radius 2 is 2.13 bits per heavy atom. The second-order valence-electron chi connectivity index (χ2n) is 6.63. The second kappa shape index (κ2) is 7.08. The molecule has 0 radical (unpaired) electrons. The predicted octanol–water partition coefficient (Wildman–Crippen LogP) is 4.14. The van der Waals surface area contributed by atoms with Gasteiger partial charge in [0, 0.05) is 24.2 Å². The first-order chi connectivity index (χ1) is 14.5. The quantitative estimate of drug-likeness (QED) is 0.432. The molecule has 150 valence electrons. The molecule has 0 saturated heterocycles. The third kappa shape index (κ3) is 3.15. The number of nitrogens with one attached hydrogen (secondary N) is 2. The van der Waals surface area contributed by atoms with Gasteiger partial charge in [-0.2, -0.15) is 5.10 Å². The Hall–Kier alpha value is -3.50. The van der Waals surface area contributed by atoms with E-state index in [2.05, 4.69) is 30.7 Å². The van der Waals surface area contributed by atoms with Gasteiger partial charge >= 0.3 is 0 Å². The predicted molar refractivity (Wildman–Crippen MR) is 115 cm³/mol. The molecular weight excluding hydrogens is 426 g/mol. The number of fused-ring (bicyclic) bond motifs is 1. The summed E-state index contributed by atoms with van der Waals surface area (Å²) in [6.07, 6.45) is 4.95. The maximum atomic E-state index is 12.5. The van der Waals surface area contributed by atoms with E-state index in [-0.39, 0.29) is 11.4 Å². The molecule has 0 aliphatic heterocycles. The Balaban J connectivity index is 1.50. The lowest BCUT2D eigenvalue weighted by Crippen LogP contribution is -2.18. The summed E-state index contributed by atoms with van der Waals surface area (Å²) in [5, 5.41) is 21.1. The number of aryl methyl sites for hydroxylation is 2. The molecule has 0 spiro atoms. The Morgan fingerprint density at radius 1 is 1.27 bits per heavy atom. The van der Waals surface area contributed by atoms with Gasteiger partial charge < -0.3 is 14.3 Å². The lowest BCUT2D eigenvalue weighted by atomic mass is 10.2. The van der Waals surface area contributed by atoms with E-state index in [0.717, 1.165) is 16.5 Å². The van der Waals surface area contributed by atoms with Crippen molar-refractivity contribution < 1.29 is 4.42 Å². The third-order valence-corrected chi connectivity index (χ3v) is 5.80. The molecule has 0 fully saturated rings. The minimum atomic E-state index is -0.205. The van der Waals surface area contributed by atoms with Crippen molar-refractivity contribution in [2.45, 2.75) is 6.92 Å². The van der Waals surface area contributed by atoms with Crippen LogP contribution in [0, 0.1) is 6.92 Å². The molecule has 0 saturated carbocycles. The van der Waals surface area contributed by atoms with Gasteiger partial charge in [-0.25, -0.2) is 4.98 Å². The molecule has 4 heterocycles. The summed E-state index contributed by atoms with van der Waals surface area (Å²) in [5.41, 5.74) is 2.43. The van der Waals surface area contributed by atoms with E-state index in [0.29, 0.717) is 32.2 Å². The summed E-state index contributed by atoms with van der Waals surface area (Å²) in [5.74, 6) is 0.907. The standard InChI is InChI=1S/C19H14ClN7O2S/c1-9-6-21-16(29-9)11-5-10(8-27(2)18(11)28)17-25-26-19(30-17)23-14-4-3-13-12(15(14)20)7-22-24-13/h3-8H,1-2H3,(H,22,24)(H,23,26).